The molecule has 186 valence electrons. The first-order valence-electron chi connectivity index (χ1n) is 11.8. The molecule has 0 aliphatic carbocycles. The highest BCUT2D eigenvalue weighted by Crippen LogP contribution is 2.38. The van der Waals surface area contributed by atoms with Crippen molar-refractivity contribution in [3.63, 3.8) is 0 Å². The van der Waals surface area contributed by atoms with Gasteiger partial charge in [0.25, 0.3) is 0 Å². The van der Waals surface area contributed by atoms with Crippen LogP contribution in [0.5, 0.6) is 0 Å². The number of benzene rings is 1. The first-order chi connectivity index (χ1) is 16.1. The largest absolute Gasteiger partial charge is 0.462 e. The third kappa shape index (κ3) is 7.13. The summed E-state index contributed by atoms with van der Waals surface area (Å²) in [6.45, 7) is 18.5. The van der Waals surface area contributed by atoms with Crippen LogP contribution in [0.1, 0.15) is 72.7 Å². The molecule has 1 aromatic heterocycles. The van der Waals surface area contributed by atoms with Gasteiger partial charge in [0.05, 0.1) is 18.9 Å². The van der Waals surface area contributed by atoms with E-state index in [-0.39, 0.29) is 18.8 Å². The summed E-state index contributed by atoms with van der Waals surface area (Å²) < 4.78 is 10.3. The number of ether oxygens (including phenoxy) is 2. The molecule has 0 bridgehead atoms. The molecule has 2 rings (SSSR count). The molecular formula is C26H37N3O4S. The number of hydrogen-bond acceptors (Lipinski definition) is 8. The molecule has 8 heteroatoms. The second-order valence-corrected chi connectivity index (χ2v) is 10.0. The first-order valence-corrected chi connectivity index (χ1v) is 12.7. The van der Waals surface area contributed by atoms with Crippen molar-refractivity contribution in [3.8, 4) is 0 Å². The normalized spacial score (nSPS) is 11.5. The Morgan fingerprint density at radius 3 is 2.06 bits per heavy atom. The summed E-state index contributed by atoms with van der Waals surface area (Å²) in [6.07, 6.45) is 0. The average molecular weight is 488 g/mol. The van der Waals surface area contributed by atoms with Crippen molar-refractivity contribution in [2.75, 3.05) is 31.2 Å². The van der Waals surface area contributed by atoms with E-state index in [0.717, 1.165) is 35.7 Å². The summed E-state index contributed by atoms with van der Waals surface area (Å²) in [4.78, 5) is 27.7. The van der Waals surface area contributed by atoms with E-state index < -0.39 is 11.9 Å². The number of nitrogens with zero attached hydrogens (tertiary/aromatic N) is 3. The zero-order chi connectivity index (χ0) is 25.4. The summed E-state index contributed by atoms with van der Waals surface area (Å²) in [7, 11) is 0. The Balaban J connectivity index is 2.41. The van der Waals surface area contributed by atoms with Gasteiger partial charge >= 0.3 is 11.9 Å². The van der Waals surface area contributed by atoms with Crippen molar-refractivity contribution in [1.82, 2.24) is 0 Å². The van der Waals surface area contributed by atoms with E-state index in [2.05, 4.69) is 55.0 Å². The Morgan fingerprint density at radius 2 is 1.53 bits per heavy atom. The van der Waals surface area contributed by atoms with Crippen molar-refractivity contribution >= 4 is 39.7 Å². The lowest BCUT2D eigenvalue weighted by Gasteiger charge is -2.29. The molecule has 0 N–H and O–H groups in total. The predicted octanol–water partition coefficient (Wildman–Crippen LogP) is 7.25. The predicted molar refractivity (Wildman–Crippen MR) is 138 cm³/mol. The molecule has 1 aromatic carbocycles. The summed E-state index contributed by atoms with van der Waals surface area (Å²) in [5.41, 5.74) is 3.60. The Labute approximate surface area is 207 Å². The van der Waals surface area contributed by atoms with Crippen LogP contribution in [-0.4, -0.2) is 38.2 Å². The third-order valence-corrected chi connectivity index (χ3v) is 6.19. The van der Waals surface area contributed by atoms with E-state index in [4.69, 9.17) is 9.47 Å². The minimum absolute atomic E-state index is 0.225. The Bertz CT molecular complexity index is 1020. The maximum atomic E-state index is 12.6. The topological polar surface area (TPSA) is 80.6 Å². The van der Waals surface area contributed by atoms with E-state index in [1.807, 2.05) is 13.0 Å². The fourth-order valence-electron chi connectivity index (χ4n) is 3.62. The van der Waals surface area contributed by atoms with E-state index in [1.165, 1.54) is 0 Å². The van der Waals surface area contributed by atoms with Crippen LogP contribution in [-0.2, 0) is 9.47 Å². The lowest BCUT2D eigenvalue weighted by atomic mass is 10.1. The fraction of sp³-hybridized carbons (Fsp3) is 0.538. The van der Waals surface area contributed by atoms with Crippen molar-refractivity contribution in [2.24, 2.45) is 22.1 Å². The lowest BCUT2D eigenvalue weighted by molar-refractivity contribution is 0.0527. The molecular weight excluding hydrogens is 450 g/mol. The molecule has 0 saturated carbocycles. The quantitative estimate of drug-likeness (QED) is 0.246. The van der Waals surface area contributed by atoms with Gasteiger partial charge in [-0.15, -0.1) is 21.6 Å². The zero-order valence-corrected chi connectivity index (χ0v) is 22.4. The highest BCUT2D eigenvalue weighted by molar-refractivity contribution is 7.18. The van der Waals surface area contributed by atoms with E-state index in [9.17, 15) is 9.59 Å². The van der Waals surface area contributed by atoms with E-state index in [0.29, 0.717) is 33.0 Å². The van der Waals surface area contributed by atoms with Crippen LogP contribution < -0.4 is 4.90 Å². The molecule has 0 amide bonds. The van der Waals surface area contributed by atoms with Gasteiger partial charge in [-0.25, -0.2) is 9.59 Å². The monoisotopic (exact) mass is 487 g/mol. The van der Waals surface area contributed by atoms with Gasteiger partial charge < -0.3 is 14.4 Å². The minimum Gasteiger partial charge on any atom is -0.462 e. The summed E-state index contributed by atoms with van der Waals surface area (Å²) in [5, 5.41) is 9.11. The van der Waals surface area contributed by atoms with Crippen LogP contribution in [0.15, 0.2) is 28.4 Å². The van der Waals surface area contributed by atoms with Gasteiger partial charge in [-0.2, -0.15) is 0 Å². The van der Waals surface area contributed by atoms with Crippen molar-refractivity contribution in [3.05, 3.63) is 39.8 Å². The average Bonchev–Trinajstić information content (AvgIpc) is 3.08. The number of carbonyl (C=O) groups is 2. The maximum absolute atomic E-state index is 12.6. The minimum atomic E-state index is -0.522. The first kappa shape index (κ1) is 27.5. The number of azo groups is 1. The van der Waals surface area contributed by atoms with Gasteiger partial charge in [0.1, 0.15) is 10.4 Å². The van der Waals surface area contributed by atoms with Crippen molar-refractivity contribution in [1.29, 1.82) is 0 Å². The standard InChI is InChI=1S/C26H37N3O4S/c1-9-32-25(30)22-19(8)23(26(31)33-10-2)34-24(22)28-27-21-12-11-20(13-18(21)7)29(14-16(3)4)15-17(5)6/h11-13,16-17H,9-10,14-15H2,1-8H3. The Morgan fingerprint density at radius 1 is 0.941 bits per heavy atom. The highest BCUT2D eigenvalue weighted by Gasteiger charge is 2.26. The second-order valence-electron chi connectivity index (χ2n) is 9.04. The van der Waals surface area contributed by atoms with Gasteiger partial charge in [-0.3, -0.25) is 0 Å². The molecule has 0 atom stereocenters. The van der Waals surface area contributed by atoms with Crippen LogP contribution in [0.25, 0.3) is 0 Å². The van der Waals surface area contributed by atoms with Crippen molar-refractivity contribution in [2.45, 2.75) is 55.4 Å². The molecule has 0 aliphatic heterocycles. The van der Waals surface area contributed by atoms with Crippen LogP contribution in [0, 0.1) is 25.7 Å². The molecule has 0 aliphatic rings. The number of anilines is 1. The summed E-state index contributed by atoms with van der Waals surface area (Å²) in [6, 6.07) is 6.12. The van der Waals surface area contributed by atoms with Gasteiger partial charge in [0.2, 0.25) is 0 Å². The molecule has 0 radical (unpaired) electrons. The third-order valence-electron chi connectivity index (χ3n) is 5.03. The SMILES string of the molecule is CCOC(=O)c1sc(N=Nc2ccc(N(CC(C)C)CC(C)C)cc2C)c(C(=O)OCC)c1C. The maximum Gasteiger partial charge on any atom is 0.348 e. The van der Waals surface area contributed by atoms with Gasteiger partial charge in [0, 0.05) is 18.8 Å². The lowest BCUT2D eigenvalue weighted by Crippen LogP contribution is -2.31. The number of esters is 2. The number of carbonyl (C=O) groups excluding carboxylic acids is 2. The molecule has 34 heavy (non-hydrogen) atoms. The van der Waals surface area contributed by atoms with Crippen LogP contribution >= 0.6 is 11.3 Å². The number of thiophene rings is 1. The van der Waals surface area contributed by atoms with Crippen molar-refractivity contribution < 1.29 is 19.1 Å². The van der Waals surface area contributed by atoms with Crippen LogP contribution in [0.3, 0.4) is 0 Å². The zero-order valence-electron chi connectivity index (χ0n) is 21.6. The van der Waals surface area contributed by atoms with Gasteiger partial charge in [-0.1, -0.05) is 27.7 Å². The molecule has 2 aromatic rings. The van der Waals surface area contributed by atoms with Gasteiger partial charge in [0.15, 0.2) is 5.00 Å². The van der Waals surface area contributed by atoms with E-state index in [1.54, 1.807) is 20.8 Å². The van der Waals surface area contributed by atoms with Gasteiger partial charge in [-0.05, 0) is 68.9 Å². The number of aryl methyl sites for hydroxylation is 1. The summed E-state index contributed by atoms with van der Waals surface area (Å²) >= 11 is 1.09. The number of hydrogen-bond donors (Lipinski definition) is 0. The molecule has 0 fully saturated rings. The second kappa shape index (κ2) is 12.6. The number of rotatable bonds is 11. The molecule has 7 nitrogen and oxygen atoms in total. The smallest absolute Gasteiger partial charge is 0.348 e. The fourth-order valence-corrected chi connectivity index (χ4v) is 4.63. The van der Waals surface area contributed by atoms with E-state index >= 15 is 0 Å². The Hall–Kier alpha value is -2.74. The summed E-state index contributed by atoms with van der Waals surface area (Å²) in [5.74, 6) is 0.101. The Kier molecular flexibility index (Phi) is 10.2. The molecule has 0 unspecified atom stereocenters. The molecule has 0 spiro atoms. The van der Waals surface area contributed by atoms with Crippen LogP contribution in [0.2, 0.25) is 0 Å². The molecule has 1 heterocycles. The highest BCUT2D eigenvalue weighted by atomic mass is 32.1. The molecule has 0 saturated heterocycles. The van der Waals surface area contributed by atoms with Crippen LogP contribution in [0.4, 0.5) is 16.4 Å².